The molecule has 1 aliphatic rings. The standard InChI is InChI=1S/C16H21BrF3N/c1-15(2,3)12-6-7-21(10-12)14-5-4-11(9-17)8-13(14)16(18,19)20/h4-5,8,12H,6-7,9-10H2,1-3H3. The maximum absolute atomic E-state index is 13.3. The second-order valence-electron chi connectivity index (χ2n) is 6.78. The molecule has 5 heteroatoms. The molecule has 1 nitrogen and oxygen atoms in total. The molecule has 1 saturated heterocycles. The number of hydrogen-bond acceptors (Lipinski definition) is 1. The minimum atomic E-state index is -4.31. The molecule has 1 unspecified atom stereocenters. The van der Waals surface area contributed by atoms with E-state index in [9.17, 15) is 13.2 Å². The Hall–Kier alpha value is -0.710. The summed E-state index contributed by atoms with van der Waals surface area (Å²) in [5.41, 5.74) is 0.578. The van der Waals surface area contributed by atoms with E-state index < -0.39 is 11.7 Å². The van der Waals surface area contributed by atoms with Crippen molar-refractivity contribution in [2.24, 2.45) is 11.3 Å². The molecule has 118 valence electrons. The highest BCUT2D eigenvalue weighted by Crippen LogP contribution is 2.41. The van der Waals surface area contributed by atoms with Crippen LogP contribution in [-0.4, -0.2) is 13.1 Å². The van der Waals surface area contributed by atoms with Crippen molar-refractivity contribution in [3.63, 3.8) is 0 Å². The van der Waals surface area contributed by atoms with Crippen molar-refractivity contribution in [1.29, 1.82) is 0 Å². The molecule has 0 saturated carbocycles. The summed E-state index contributed by atoms with van der Waals surface area (Å²) in [4.78, 5) is 1.89. The summed E-state index contributed by atoms with van der Waals surface area (Å²) >= 11 is 3.22. The molecule has 0 amide bonds. The van der Waals surface area contributed by atoms with Crippen LogP contribution in [0.15, 0.2) is 18.2 Å². The zero-order valence-electron chi connectivity index (χ0n) is 12.6. The maximum Gasteiger partial charge on any atom is 0.418 e. The fourth-order valence-corrected chi connectivity index (χ4v) is 3.20. The van der Waals surface area contributed by atoms with Crippen LogP contribution in [0.4, 0.5) is 18.9 Å². The fraction of sp³-hybridized carbons (Fsp3) is 0.625. The van der Waals surface area contributed by atoms with Crippen LogP contribution in [0.3, 0.4) is 0 Å². The number of halogens is 4. The van der Waals surface area contributed by atoms with Gasteiger partial charge in [-0.05, 0) is 35.4 Å². The summed E-state index contributed by atoms with van der Waals surface area (Å²) < 4.78 is 39.9. The molecular weight excluding hydrogens is 343 g/mol. The topological polar surface area (TPSA) is 3.24 Å². The van der Waals surface area contributed by atoms with Crippen LogP contribution < -0.4 is 4.90 Å². The Balaban J connectivity index is 2.32. The molecule has 1 aromatic rings. The Kier molecular flexibility index (Phi) is 4.62. The van der Waals surface area contributed by atoms with Crippen LogP contribution in [0.5, 0.6) is 0 Å². The van der Waals surface area contributed by atoms with Crippen LogP contribution >= 0.6 is 15.9 Å². The van der Waals surface area contributed by atoms with Gasteiger partial charge in [0.1, 0.15) is 0 Å². The first kappa shape index (κ1) is 16.7. The van der Waals surface area contributed by atoms with E-state index in [1.807, 2.05) is 4.90 Å². The Morgan fingerprint density at radius 1 is 1.24 bits per heavy atom. The van der Waals surface area contributed by atoms with Gasteiger partial charge >= 0.3 is 6.18 Å². The SMILES string of the molecule is CC(C)(C)C1CCN(c2ccc(CBr)cc2C(F)(F)F)C1. The van der Waals surface area contributed by atoms with Crippen LogP contribution in [0, 0.1) is 11.3 Å². The zero-order valence-corrected chi connectivity index (χ0v) is 14.2. The average molecular weight is 364 g/mol. The third-order valence-electron chi connectivity index (χ3n) is 4.27. The smallest absolute Gasteiger partial charge is 0.371 e. The van der Waals surface area contributed by atoms with Gasteiger partial charge in [-0.1, -0.05) is 42.8 Å². The molecule has 0 aliphatic carbocycles. The number of nitrogens with zero attached hydrogens (tertiary/aromatic N) is 1. The molecule has 0 N–H and O–H groups in total. The molecule has 0 aromatic heterocycles. The summed E-state index contributed by atoms with van der Waals surface area (Å²) in [6.07, 6.45) is -3.37. The maximum atomic E-state index is 13.3. The van der Waals surface area contributed by atoms with E-state index in [4.69, 9.17) is 0 Å². The molecular formula is C16H21BrF3N. The van der Waals surface area contributed by atoms with Crippen molar-refractivity contribution >= 4 is 21.6 Å². The minimum absolute atomic E-state index is 0.128. The van der Waals surface area contributed by atoms with Gasteiger partial charge in [-0.15, -0.1) is 0 Å². The van der Waals surface area contributed by atoms with Gasteiger partial charge in [-0.3, -0.25) is 0 Å². The van der Waals surface area contributed by atoms with Crippen molar-refractivity contribution < 1.29 is 13.2 Å². The first-order valence-corrected chi connectivity index (χ1v) is 8.26. The Morgan fingerprint density at radius 2 is 1.90 bits per heavy atom. The van der Waals surface area contributed by atoms with E-state index in [2.05, 4.69) is 36.7 Å². The molecule has 1 heterocycles. The average Bonchev–Trinajstić information content (AvgIpc) is 2.86. The van der Waals surface area contributed by atoms with Crippen molar-refractivity contribution in [3.8, 4) is 0 Å². The lowest BCUT2D eigenvalue weighted by molar-refractivity contribution is -0.137. The quantitative estimate of drug-likeness (QED) is 0.629. The van der Waals surface area contributed by atoms with Gasteiger partial charge in [0.15, 0.2) is 0 Å². The summed E-state index contributed by atoms with van der Waals surface area (Å²) in [5, 5.41) is 0.432. The third-order valence-corrected chi connectivity index (χ3v) is 4.92. The first-order valence-electron chi connectivity index (χ1n) is 7.14. The van der Waals surface area contributed by atoms with Gasteiger partial charge < -0.3 is 4.90 Å². The van der Waals surface area contributed by atoms with Crippen molar-refractivity contribution in [3.05, 3.63) is 29.3 Å². The van der Waals surface area contributed by atoms with E-state index in [0.29, 0.717) is 35.6 Å². The number of alkyl halides is 4. The normalized spacial score (nSPS) is 20.1. The molecule has 0 spiro atoms. The lowest BCUT2D eigenvalue weighted by atomic mass is 9.80. The molecule has 0 radical (unpaired) electrons. The second-order valence-corrected chi connectivity index (χ2v) is 7.34. The largest absolute Gasteiger partial charge is 0.418 e. The van der Waals surface area contributed by atoms with Crippen LogP contribution in [0.2, 0.25) is 0 Å². The summed E-state index contributed by atoms with van der Waals surface area (Å²) in [6, 6.07) is 4.64. The van der Waals surface area contributed by atoms with E-state index in [1.165, 1.54) is 6.07 Å². The van der Waals surface area contributed by atoms with Gasteiger partial charge in [0, 0.05) is 24.1 Å². The lowest BCUT2D eigenvalue weighted by Gasteiger charge is -2.28. The molecule has 21 heavy (non-hydrogen) atoms. The van der Waals surface area contributed by atoms with Crippen molar-refractivity contribution in [1.82, 2.24) is 0 Å². The van der Waals surface area contributed by atoms with Gasteiger partial charge in [-0.2, -0.15) is 13.2 Å². The number of benzene rings is 1. The fourth-order valence-electron chi connectivity index (χ4n) is 2.86. The molecule has 0 bridgehead atoms. The molecule has 1 aliphatic heterocycles. The van der Waals surface area contributed by atoms with E-state index in [0.717, 1.165) is 6.42 Å². The molecule has 1 atom stereocenters. The van der Waals surface area contributed by atoms with Crippen LogP contribution in [0.25, 0.3) is 0 Å². The summed E-state index contributed by atoms with van der Waals surface area (Å²) in [5.74, 6) is 0.425. The lowest BCUT2D eigenvalue weighted by Crippen LogP contribution is -2.27. The molecule has 2 rings (SSSR count). The predicted molar refractivity (Wildman–Crippen MR) is 83.9 cm³/mol. The minimum Gasteiger partial charge on any atom is -0.371 e. The molecule has 1 fully saturated rings. The highest BCUT2D eigenvalue weighted by Gasteiger charge is 2.38. The first-order chi connectivity index (χ1) is 9.63. The third kappa shape index (κ3) is 3.74. The van der Waals surface area contributed by atoms with Crippen LogP contribution in [-0.2, 0) is 11.5 Å². The predicted octanol–water partition coefficient (Wildman–Crippen LogP) is 5.47. The second kappa shape index (κ2) is 5.82. The van der Waals surface area contributed by atoms with E-state index in [-0.39, 0.29) is 5.41 Å². The van der Waals surface area contributed by atoms with Gasteiger partial charge in [0.2, 0.25) is 0 Å². The zero-order chi connectivity index (χ0) is 15.8. The van der Waals surface area contributed by atoms with Crippen molar-refractivity contribution in [2.75, 3.05) is 18.0 Å². The summed E-state index contributed by atoms with van der Waals surface area (Å²) in [6.45, 7) is 7.85. The van der Waals surface area contributed by atoms with Crippen molar-refractivity contribution in [2.45, 2.75) is 38.7 Å². The number of anilines is 1. The van der Waals surface area contributed by atoms with Gasteiger partial charge in [-0.25, -0.2) is 0 Å². The Bertz CT molecular complexity index is 505. The van der Waals surface area contributed by atoms with E-state index in [1.54, 1.807) is 12.1 Å². The monoisotopic (exact) mass is 363 g/mol. The number of rotatable bonds is 2. The highest BCUT2D eigenvalue weighted by molar-refractivity contribution is 9.08. The number of hydrogen-bond donors (Lipinski definition) is 0. The van der Waals surface area contributed by atoms with Gasteiger partial charge in [0.05, 0.1) is 5.56 Å². The van der Waals surface area contributed by atoms with E-state index >= 15 is 0 Å². The Morgan fingerprint density at radius 3 is 2.38 bits per heavy atom. The summed E-state index contributed by atoms with van der Waals surface area (Å²) in [7, 11) is 0. The Labute approximate surface area is 132 Å². The highest BCUT2D eigenvalue weighted by atomic mass is 79.9. The van der Waals surface area contributed by atoms with Gasteiger partial charge in [0.25, 0.3) is 0 Å². The van der Waals surface area contributed by atoms with Crippen LogP contribution in [0.1, 0.15) is 38.3 Å². The molecule has 1 aromatic carbocycles.